The van der Waals surface area contributed by atoms with Crippen LogP contribution in [0.1, 0.15) is 37.7 Å². The average Bonchev–Trinajstić information content (AvgIpc) is 2.65. The lowest BCUT2D eigenvalue weighted by Crippen LogP contribution is -2.29. The number of carbonyl (C=O) groups excluding carboxylic acids is 1. The molecule has 1 aromatic carbocycles. The highest BCUT2D eigenvalue weighted by molar-refractivity contribution is 6.08. The predicted octanol–water partition coefficient (Wildman–Crippen LogP) is 2.16. The van der Waals surface area contributed by atoms with Crippen molar-refractivity contribution in [2.45, 2.75) is 32.1 Å². The minimum absolute atomic E-state index is 0.139. The molecule has 0 heterocycles. The van der Waals surface area contributed by atoms with E-state index in [0.29, 0.717) is 42.5 Å². The zero-order chi connectivity index (χ0) is 18.4. The monoisotopic (exact) mass is 345 g/mol. The third-order valence-corrected chi connectivity index (χ3v) is 4.68. The van der Waals surface area contributed by atoms with E-state index in [2.05, 4.69) is 0 Å². The molecule has 134 valence electrons. The second-order valence-corrected chi connectivity index (χ2v) is 6.27. The van der Waals surface area contributed by atoms with Crippen LogP contribution in [-0.4, -0.2) is 27.9 Å². The molecule has 7 nitrogen and oxygen atoms in total. The van der Waals surface area contributed by atoms with E-state index < -0.39 is 11.9 Å². The lowest BCUT2D eigenvalue weighted by molar-refractivity contribution is -0.142. The number of carbonyl (C=O) groups is 2. The summed E-state index contributed by atoms with van der Waals surface area (Å²) in [5.41, 5.74) is 9.43. The second-order valence-electron chi connectivity index (χ2n) is 6.27. The Morgan fingerprint density at radius 2 is 1.68 bits per heavy atom. The van der Waals surface area contributed by atoms with E-state index in [-0.39, 0.29) is 24.0 Å². The van der Waals surface area contributed by atoms with E-state index in [4.69, 9.17) is 21.5 Å². The van der Waals surface area contributed by atoms with Gasteiger partial charge in [-0.1, -0.05) is 30.3 Å². The number of amides is 1. The second kappa shape index (κ2) is 8.43. The third-order valence-electron chi connectivity index (χ3n) is 4.68. The maximum atomic E-state index is 11.7. The Hall–Kier alpha value is -2.67. The van der Waals surface area contributed by atoms with Crippen molar-refractivity contribution >= 4 is 23.3 Å². The minimum Gasteiger partial charge on any atom is -0.481 e. The smallest absolute Gasteiger partial charge is 0.306 e. The Balaban J connectivity index is 2.25. The summed E-state index contributed by atoms with van der Waals surface area (Å²) in [7, 11) is 0. The van der Waals surface area contributed by atoms with Crippen LogP contribution in [0.25, 0.3) is 5.70 Å². The van der Waals surface area contributed by atoms with Crippen molar-refractivity contribution in [3.63, 3.8) is 0 Å². The van der Waals surface area contributed by atoms with Gasteiger partial charge in [-0.3, -0.25) is 14.8 Å². The molecule has 1 saturated carbocycles. The highest BCUT2D eigenvalue weighted by atomic mass is 16.5. The fourth-order valence-electron chi connectivity index (χ4n) is 3.20. The van der Waals surface area contributed by atoms with E-state index >= 15 is 0 Å². The topological polar surface area (TPSA) is 136 Å². The largest absolute Gasteiger partial charge is 0.481 e. The molecule has 0 atom stereocenters. The van der Waals surface area contributed by atoms with Gasteiger partial charge in [0.15, 0.2) is 0 Å². The number of aliphatic carboxylic acids is 1. The molecule has 1 amide bonds. The van der Waals surface area contributed by atoms with Gasteiger partial charge < -0.3 is 16.2 Å². The number of carboxylic acids is 1. The van der Waals surface area contributed by atoms with Crippen molar-refractivity contribution in [2.75, 3.05) is 0 Å². The van der Waals surface area contributed by atoms with Gasteiger partial charge in [-0.05, 0) is 31.2 Å². The SMILES string of the molecule is N=C(/C(CC(=O)NO)=C(\N)c1ccccc1)[C@H]1CC[C@H](C(=O)O)CC1. The van der Waals surface area contributed by atoms with Crippen LogP contribution in [0, 0.1) is 17.2 Å². The van der Waals surface area contributed by atoms with E-state index in [0.717, 1.165) is 0 Å². The van der Waals surface area contributed by atoms with Crippen molar-refractivity contribution in [2.24, 2.45) is 17.6 Å². The van der Waals surface area contributed by atoms with Gasteiger partial charge in [0.2, 0.25) is 5.91 Å². The molecule has 1 aromatic rings. The van der Waals surface area contributed by atoms with Gasteiger partial charge in [0.25, 0.3) is 0 Å². The van der Waals surface area contributed by atoms with E-state index in [1.807, 2.05) is 18.2 Å². The zero-order valence-electron chi connectivity index (χ0n) is 13.9. The Morgan fingerprint density at radius 3 is 2.20 bits per heavy atom. The standard InChI is InChI=1S/C18H23N3O4/c19-16(11-4-2-1-3-5-11)14(10-15(22)21-25)17(20)12-6-8-13(9-7-12)18(23)24/h1-5,12-13,20,25H,6-10,19H2,(H,21,22)(H,23,24)/b16-14-,20-17?/t12-,13-. The fraction of sp³-hybridized carbons (Fsp3) is 0.389. The number of benzene rings is 1. The highest BCUT2D eigenvalue weighted by Crippen LogP contribution is 2.33. The average molecular weight is 345 g/mol. The molecule has 0 aliphatic heterocycles. The number of carboxylic acid groups (broad SMARTS) is 1. The molecular weight excluding hydrogens is 322 g/mol. The quantitative estimate of drug-likeness (QED) is 0.306. The first-order valence-corrected chi connectivity index (χ1v) is 8.22. The van der Waals surface area contributed by atoms with Crippen LogP contribution in [0.5, 0.6) is 0 Å². The van der Waals surface area contributed by atoms with Crippen LogP contribution in [0.3, 0.4) is 0 Å². The maximum Gasteiger partial charge on any atom is 0.306 e. The molecule has 0 aromatic heterocycles. The van der Waals surface area contributed by atoms with Gasteiger partial charge in [-0.2, -0.15) is 0 Å². The summed E-state index contributed by atoms with van der Waals surface area (Å²) in [6, 6.07) is 9.05. The van der Waals surface area contributed by atoms with E-state index in [1.54, 1.807) is 17.6 Å². The maximum absolute atomic E-state index is 11.7. The van der Waals surface area contributed by atoms with Crippen LogP contribution in [0.2, 0.25) is 0 Å². The van der Waals surface area contributed by atoms with Crippen LogP contribution in [0.15, 0.2) is 35.9 Å². The zero-order valence-corrected chi connectivity index (χ0v) is 13.9. The molecule has 7 heteroatoms. The summed E-state index contributed by atoms with van der Waals surface area (Å²) < 4.78 is 0. The molecule has 6 N–H and O–H groups in total. The van der Waals surface area contributed by atoms with Gasteiger partial charge in [-0.15, -0.1) is 0 Å². The number of hydrogen-bond donors (Lipinski definition) is 5. The normalized spacial score (nSPS) is 21.2. The van der Waals surface area contributed by atoms with Gasteiger partial charge in [0.1, 0.15) is 0 Å². The lowest BCUT2D eigenvalue weighted by atomic mass is 9.77. The summed E-state index contributed by atoms with van der Waals surface area (Å²) in [6.45, 7) is 0. The summed E-state index contributed by atoms with van der Waals surface area (Å²) in [5.74, 6) is -1.95. The van der Waals surface area contributed by atoms with Crippen LogP contribution >= 0.6 is 0 Å². The fourth-order valence-corrected chi connectivity index (χ4v) is 3.20. The molecule has 0 spiro atoms. The molecule has 2 rings (SSSR count). The van der Waals surface area contributed by atoms with Crippen LogP contribution in [0.4, 0.5) is 0 Å². The van der Waals surface area contributed by atoms with Gasteiger partial charge in [0.05, 0.1) is 12.3 Å². The number of nitrogens with one attached hydrogen (secondary N) is 2. The Labute approximate surface area is 146 Å². The molecular formula is C18H23N3O4. The Bertz CT molecular complexity index is 677. The molecule has 0 radical (unpaired) electrons. The van der Waals surface area contributed by atoms with Crippen LogP contribution < -0.4 is 11.2 Å². The summed E-state index contributed by atoms with van der Waals surface area (Å²) in [6.07, 6.45) is 1.96. The molecule has 1 fully saturated rings. The van der Waals surface area contributed by atoms with Crippen molar-refractivity contribution in [1.29, 1.82) is 5.41 Å². The van der Waals surface area contributed by atoms with Crippen LogP contribution in [-0.2, 0) is 9.59 Å². The molecule has 0 saturated heterocycles. The van der Waals surface area contributed by atoms with Crippen molar-refractivity contribution < 1.29 is 19.9 Å². The number of rotatable bonds is 6. The Morgan fingerprint density at radius 1 is 1.12 bits per heavy atom. The van der Waals surface area contributed by atoms with Crippen molar-refractivity contribution in [1.82, 2.24) is 5.48 Å². The van der Waals surface area contributed by atoms with Gasteiger partial charge in [0, 0.05) is 22.9 Å². The van der Waals surface area contributed by atoms with E-state index in [9.17, 15) is 9.59 Å². The molecule has 0 unspecified atom stereocenters. The summed E-state index contributed by atoms with van der Waals surface area (Å²) in [5, 5.41) is 26.4. The summed E-state index contributed by atoms with van der Waals surface area (Å²) in [4.78, 5) is 22.7. The molecule has 1 aliphatic rings. The first kappa shape index (κ1) is 18.7. The first-order chi connectivity index (χ1) is 11.9. The van der Waals surface area contributed by atoms with Crippen molar-refractivity contribution in [3.8, 4) is 0 Å². The first-order valence-electron chi connectivity index (χ1n) is 8.22. The molecule has 0 bridgehead atoms. The van der Waals surface area contributed by atoms with E-state index in [1.165, 1.54) is 0 Å². The number of hydrogen-bond acceptors (Lipinski definition) is 5. The number of nitrogens with two attached hydrogens (primary N) is 1. The predicted molar refractivity (Wildman–Crippen MR) is 92.9 cm³/mol. The van der Waals surface area contributed by atoms with Crippen molar-refractivity contribution in [3.05, 3.63) is 41.5 Å². The molecule has 25 heavy (non-hydrogen) atoms. The lowest BCUT2D eigenvalue weighted by Gasteiger charge is -2.28. The highest BCUT2D eigenvalue weighted by Gasteiger charge is 2.30. The third kappa shape index (κ3) is 4.67. The Kier molecular flexibility index (Phi) is 6.30. The number of hydroxylamine groups is 1. The van der Waals surface area contributed by atoms with Gasteiger partial charge >= 0.3 is 5.97 Å². The molecule has 1 aliphatic carbocycles. The minimum atomic E-state index is -0.802. The summed E-state index contributed by atoms with van der Waals surface area (Å²) >= 11 is 0. The van der Waals surface area contributed by atoms with Gasteiger partial charge in [-0.25, -0.2) is 5.48 Å².